The molecule has 1 rings (SSSR count). The van der Waals surface area contributed by atoms with Gasteiger partial charge in [-0.1, -0.05) is 5.57 Å². The average Bonchev–Trinajstić information content (AvgIpc) is 2.27. The van der Waals surface area contributed by atoms with Crippen LogP contribution in [0.5, 0.6) is 0 Å². The number of piperidine rings is 1. The van der Waals surface area contributed by atoms with E-state index >= 15 is 0 Å². The van der Waals surface area contributed by atoms with Crippen LogP contribution in [0.1, 0.15) is 26.7 Å². The molecule has 90 valence electrons. The summed E-state index contributed by atoms with van der Waals surface area (Å²) in [6.45, 7) is 5.42. The van der Waals surface area contributed by atoms with Crippen LogP contribution in [-0.4, -0.2) is 25.0 Å². The van der Waals surface area contributed by atoms with Crippen LogP contribution in [0, 0.1) is 5.92 Å². The Hall–Kier alpha value is -1.36. The zero-order valence-corrected chi connectivity index (χ0v) is 9.80. The summed E-state index contributed by atoms with van der Waals surface area (Å²) < 4.78 is 0. The molecule has 0 radical (unpaired) electrons. The van der Waals surface area contributed by atoms with Crippen LogP contribution in [0.25, 0.3) is 0 Å². The molecule has 1 saturated heterocycles. The van der Waals surface area contributed by atoms with Gasteiger partial charge >= 0.3 is 6.03 Å². The van der Waals surface area contributed by atoms with Crippen molar-refractivity contribution in [1.82, 2.24) is 16.0 Å². The summed E-state index contributed by atoms with van der Waals surface area (Å²) in [5, 5.41) is 8.02. The maximum absolute atomic E-state index is 11.6. The van der Waals surface area contributed by atoms with Crippen molar-refractivity contribution in [3.63, 3.8) is 0 Å². The van der Waals surface area contributed by atoms with Crippen molar-refractivity contribution in [2.75, 3.05) is 13.1 Å². The lowest BCUT2D eigenvalue weighted by Gasteiger charge is -2.21. The molecular formula is C11H19N3O2. The molecule has 0 aromatic carbocycles. The summed E-state index contributed by atoms with van der Waals surface area (Å²) in [6.07, 6.45) is 3.16. The van der Waals surface area contributed by atoms with Crippen LogP contribution in [0.15, 0.2) is 11.8 Å². The molecule has 0 bridgehead atoms. The Bertz CT molecular complexity index is 290. The second kappa shape index (κ2) is 6.27. The second-order valence-electron chi connectivity index (χ2n) is 4.21. The van der Waals surface area contributed by atoms with Gasteiger partial charge in [-0.15, -0.1) is 0 Å². The second-order valence-corrected chi connectivity index (χ2v) is 4.21. The van der Waals surface area contributed by atoms with E-state index in [1.54, 1.807) is 6.20 Å². The van der Waals surface area contributed by atoms with Crippen LogP contribution in [0.3, 0.4) is 0 Å². The average molecular weight is 225 g/mol. The third kappa shape index (κ3) is 4.44. The Morgan fingerprint density at radius 1 is 1.25 bits per heavy atom. The number of imide groups is 1. The Labute approximate surface area is 95.7 Å². The van der Waals surface area contributed by atoms with E-state index in [0.29, 0.717) is 0 Å². The normalized spacial score (nSPS) is 16.4. The summed E-state index contributed by atoms with van der Waals surface area (Å²) in [7, 11) is 0. The maximum atomic E-state index is 11.6. The van der Waals surface area contributed by atoms with Gasteiger partial charge in [0.25, 0.3) is 0 Å². The molecule has 0 unspecified atom stereocenters. The van der Waals surface area contributed by atoms with Gasteiger partial charge in [-0.3, -0.25) is 10.1 Å². The molecule has 1 aliphatic heterocycles. The summed E-state index contributed by atoms with van der Waals surface area (Å²) >= 11 is 0. The molecule has 16 heavy (non-hydrogen) atoms. The van der Waals surface area contributed by atoms with E-state index in [2.05, 4.69) is 16.0 Å². The van der Waals surface area contributed by atoms with Crippen LogP contribution in [0.2, 0.25) is 0 Å². The fraction of sp³-hybridized carbons (Fsp3) is 0.636. The minimum absolute atomic E-state index is 0.0429. The number of allylic oxidation sites excluding steroid dienone is 1. The summed E-state index contributed by atoms with van der Waals surface area (Å²) in [5.74, 6) is -0.222. The molecule has 0 aliphatic carbocycles. The quantitative estimate of drug-likeness (QED) is 0.649. The van der Waals surface area contributed by atoms with Gasteiger partial charge in [-0.25, -0.2) is 4.79 Å². The van der Waals surface area contributed by atoms with E-state index in [1.165, 1.54) is 0 Å². The third-order valence-electron chi connectivity index (χ3n) is 2.44. The highest BCUT2D eigenvalue weighted by molar-refractivity contribution is 5.95. The number of urea groups is 1. The lowest BCUT2D eigenvalue weighted by atomic mass is 9.97. The highest BCUT2D eigenvalue weighted by Gasteiger charge is 2.21. The first-order chi connectivity index (χ1) is 7.59. The number of hydrogen-bond acceptors (Lipinski definition) is 3. The largest absolute Gasteiger partial charge is 0.325 e. The van der Waals surface area contributed by atoms with Gasteiger partial charge in [-0.2, -0.15) is 0 Å². The molecule has 3 N–H and O–H groups in total. The molecule has 0 saturated carbocycles. The number of carbonyl (C=O) groups excluding carboxylic acids is 2. The highest BCUT2D eigenvalue weighted by atomic mass is 16.2. The van der Waals surface area contributed by atoms with Gasteiger partial charge < -0.3 is 10.6 Å². The molecule has 1 heterocycles. The molecule has 0 aromatic rings. The summed E-state index contributed by atoms with van der Waals surface area (Å²) in [4.78, 5) is 22.9. The van der Waals surface area contributed by atoms with Crippen molar-refractivity contribution in [3.8, 4) is 0 Å². The molecule has 3 amide bonds. The van der Waals surface area contributed by atoms with Crippen molar-refractivity contribution in [3.05, 3.63) is 11.8 Å². The first-order valence-corrected chi connectivity index (χ1v) is 5.55. The number of carbonyl (C=O) groups is 2. The first kappa shape index (κ1) is 12.7. The molecule has 0 spiro atoms. The zero-order valence-electron chi connectivity index (χ0n) is 9.80. The van der Waals surface area contributed by atoms with Gasteiger partial charge in [0.1, 0.15) is 0 Å². The van der Waals surface area contributed by atoms with Gasteiger partial charge in [0.2, 0.25) is 5.91 Å². The van der Waals surface area contributed by atoms with Gasteiger partial charge in [-0.05, 0) is 39.8 Å². The summed E-state index contributed by atoms with van der Waals surface area (Å²) in [5.41, 5.74) is 0.976. The summed E-state index contributed by atoms with van der Waals surface area (Å²) in [6, 6.07) is -0.454. The number of nitrogens with one attached hydrogen (secondary N) is 3. The van der Waals surface area contributed by atoms with E-state index < -0.39 is 6.03 Å². The smallest absolute Gasteiger partial charge is 0.317 e. The van der Waals surface area contributed by atoms with E-state index in [9.17, 15) is 9.59 Å². The van der Waals surface area contributed by atoms with Crippen molar-refractivity contribution in [2.24, 2.45) is 5.92 Å². The molecular weight excluding hydrogens is 206 g/mol. The third-order valence-corrected chi connectivity index (χ3v) is 2.44. The van der Waals surface area contributed by atoms with Crippen molar-refractivity contribution in [1.29, 1.82) is 0 Å². The molecule has 1 fully saturated rings. The van der Waals surface area contributed by atoms with E-state index in [-0.39, 0.29) is 11.8 Å². The van der Waals surface area contributed by atoms with E-state index in [4.69, 9.17) is 0 Å². The fourth-order valence-electron chi connectivity index (χ4n) is 1.54. The van der Waals surface area contributed by atoms with Crippen LogP contribution >= 0.6 is 0 Å². The van der Waals surface area contributed by atoms with Gasteiger partial charge in [0, 0.05) is 12.1 Å². The van der Waals surface area contributed by atoms with Gasteiger partial charge in [0.15, 0.2) is 0 Å². The highest BCUT2D eigenvalue weighted by Crippen LogP contribution is 2.10. The fourth-order valence-corrected chi connectivity index (χ4v) is 1.54. The minimum atomic E-state index is -0.454. The Morgan fingerprint density at radius 2 is 1.88 bits per heavy atom. The van der Waals surface area contributed by atoms with E-state index in [0.717, 1.165) is 31.5 Å². The predicted molar refractivity (Wildman–Crippen MR) is 61.7 cm³/mol. The lowest BCUT2D eigenvalue weighted by molar-refractivity contribution is -0.124. The minimum Gasteiger partial charge on any atom is -0.317 e. The molecule has 5 heteroatoms. The number of amides is 3. The van der Waals surface area contributed by atoms with E-state index in [1.807, 2.05) is 13.8 Å². The van der Waals surface area contributed by atoms with Crippen molar-refractivity contribution in [2.45, 2.75) is 26.7 Å². The predicted octanol–water partition coefficient (Wildman–Crippen LogP) is 0.736. The topological polar surface area (TPSA) is 70.2 Å². The molecule has 5 nitrogen and oxygen atoms in total. The van der Waals surface area contributed by atoms with Gasteiger partial charge in [0.05, 0.1) is 0 Å². The van der Waals surface area contributed by atoms with Crippen LogP contribution in [0.4, 0.5) is 4.79 Å². The van der Waals surface area contributed by atoms with Crippen LogP contribution in [-0.2, 0) is 4.79 Å². The number of rotatable bonds is 2. The Balaban J connectivity index is 2.32. The Kier molecular flexibility index (Phi) is 4.98. The SMILES string of the molecule is CC(C)=CNC(=O)NC(=O)C1CCNCC1. The molecule has 1 aliphatic rings. The van der Waals surface area contributed by atoms with Crippen molar-refractivity contribution < 1.29 is 9.59 Å². The number of hydrogen-bond donors (Lipinski definition) is 3. The van der Waals surface area contributed by atoms with Crippen LogP contribution < -0.4 is 16.0 Å². The monoisotopic (exact) mass is 225 g/mol. The maximum Gasteiger partial charge on any atom is 0.325 e. The van der Waals surface area contributed by atoms with Crippen molar-refractivity contribution >= 4 is 11.9 Å². The lowest BCUT2D eigenvalue weighted by Crippen LogP contribution is -2.43. The zero-order chi connectivity index (χ0) is 12.0. The molecule has 0 atom stereocenters. The molecule has 0 aromatic heterocycles. The standard InChI is InChI=1S/C11H19N3O2/c1-8(2)7-13-11(16)14-10(15)9-3-5-12-6-4-9/h7,9,12H,3-6H2,1-2H3,(H2,13,14,15,16). The Morgan fingerprint density at radius 3 is 2.44 bits per heavy atom. The first-order valence-electron chi connectivity index (χ1n) is 5.55.